The van der Waals surface area contributed by atoms with Gasteiger partial charge >= 0.3 is 0 Å². The SMILES string of the molecule is CNc1snnc1CN(C)Cc1ccccc1Br. The molecule has 0 spiro atoms. The summed E-state index contributed by atoms with van der Waals surface area (Å²) in [6.07, 6.45) is 0. The highest BCUT2D eigenvalue weighted by atomic mass is 79.9. The molecule has 2 aromatic rings. The Labute approximate surface area is 119 Å². The van der Waals surface area contributed by atoms with Crippen LogP contribution < -0.4 is 5.32 Å². The summed E-state index contributed by atoms with van der Waals surface area (Å²) in [7, 11) is 3.98. The number of nitrogens with one attached hydrogen (secondary N) is 1. The van der Waals surface area contributed by atoms with Gasteiger partial charge in [0.2, 0.25) is 0 Å². The molecule has 0 unspecified atom stereocenters. The van der Waals surface area contributed by atoms with Crippen LogP contribution in [0.25, 0.3) is 0 Å². The zero-order valence-corrected chi connectivity index (χ0v) is 12.8. The molecule has 6 heteroatoms. The first-order valence-corrected chi connectivity index (χ1v) is 7.18. The summed E-state index contributed by atoms with van der Waals surface area (Å²) in [4.78, 5) is 2.22. The van der Waals surface area contributed by atoms with Gasteiger partial charge in [-0.1, -0.05) is 38.6 Å². The number of benzene rings is 1. The van der Waals surface area contributed by atoms with Gasteiger partial charge in [0.05, 0.1) is 0 Å². The molecule has 2 rings (SSSR count). The van der Waals surface area contributed by atoms with Gasteiger partial charge < -0.3 is 5.32 Å². The summed E-state index contributed by atoms with van der Waals surface area (Å²) < 4.78 is 5.10. The van der Waals surface area contributed by atoms with Gasteiger partial charge in [0.15, 0.2) is 0 Å². The lowest BCUT2D eigenvalue weighted by Crippen LogP contribution is -2.18. The molecule has 0 bridgehead atoms. The third-order valence-corrected chi connectivity index (χ3v) is 4.16. The van der Waals surface area contributed by atoms with E-state index in [4.69, 9.17) is 0 Å². The van der Waals surface area contributed by atoms with E-state index in [0.29, 0.717) is 0 Å². The van der Waals surface area contributed by atoms with Crippen LogP contribution in [0.4, 0.5) is 5.00 Å². The predicted octanol–water partition coefficient (Wildman–Crippen LogP) is 2.97. The number of hydrogen-bond donors (Lipinski definition) is 1. The lowest BCUT2D eigenvalue weighted by Gasteiger charge is -2.16. The van der Waals surface area contributed by atoms with E-state index in [2.05, 4.69) is 61.0 Å². The Bertz CT molecular complexity index is 514. The van der Waals surface area contributed by atoms with Crippen molar-refractivity contribution in [1.82, 2.24) is 14.5 Å². The second-order valence-electron chi connectivity index (χ2n) is 4.06. The quantitative estimate of drug-likeness (QED) is 0.917. The van der Waals surface area contributed by atoms with E-state index >= 15 is 0 Å². The maximum atomic E-state index is 4.14. The summed E-state index contributed by atoms with van der Waals surface area (Å²) >= 11 is 4.96. The Kier molecular flexibility index (Phi) is 4.68. The standard InChI is InChI=1S/C12H15BrN4S/c1-14-12-11(15-16-18-12)8-17(2)7-9-5-3-4-6-10(9)13/h3-6,14H,7-8H2,1-2H3. The molecule has 0 saturated heterocycles. The Morgan fingerprint density at radius 1 is 1.33 bits per heavy atom. The summed E-state index contributed by atoms with van der Waals surface area (Å²) in [6.45, 7) is 1.66. The summed E-state index contributed by atoms with van der Waals surface area (Å²) in [5.41, 5.74) is 2.27. The monoisotopic (exact) mass is 326 g/mol. The fourth-order valence-corrected chi connectivity index (χ4v) is 2.66. The molecular formula is C12H15BrN4S. The van der Waals surface area contributed by atoms with Crippen LogP contribution in [-0.2, 0) is 13.1 Å². The van der Waals surface area contributed by atoms with Gasteiger partial charge in [-0.15, -0.1) is 5.10 Å². The molecule has 0 amide bonds. The lowest BCUT2D eigenvalue weighted by atomic mass is 10.2. The summed E-state index contributed by atoms with van der Waals surface area (Å²) in [6, 6.07) is 8.26. The molecule has 0 fully saturated rings. The fourth-order valence-electron chi connectivity index (χ4n) is 1.73. The van der Waals surface area contributed by atoms with Crippen molar-refractivity contribution in [3.8, 4) is 0 Å². The summed E-state index contributed by atoms with van der Waals surface area (Å²) in [5.74, 6) is 0. The van der Waals surface area contributed by atoms with E-state index in [0.717, 1.165) is 28.3 Å². The minimum Gasteiger partial charge on any atom is -0.377 e. The van der Waals surface area contributed by atoms with Gasteiger partial charge in [-0.05, 0) is 18.7 Å². The topological polar surface area (TPSA) is 41.1 Å². The van der Waals surface area contributed by atoms with Crippen LogP contribution in [0, 0.1) is 0 Å². The highest BCUT2D eigenvalue weighted by Gasteiger charge is 2.10. The van der Waals surface area contributed by atoms with Crippen LogP contribution in [0.1, 0.15) is 11.3 Å². The van der Waals surface area contributed by atoms with Gasteiger partial charge in [-0.25, -0.2) is 0 Å². The highest BCUT2D eigenvalue weighted by molar-refractivity contribution is 9.10. The van der Waals surface area contributed by atoms with Gasteiger partial charge in [0, 0.05) is 36.1 Å². The number of hydrogen-bond acceptors (Lipinski definition) is 5. The van der Waals surface area contributed by atoms with E-state index in [9.17, 15) is 0 Å². The lowest BCUT2D eigenvalue weighted by molar-refractivity contribution is 0.315. The second kappa shape index (κ2) is 6.26. The van der Waals surface area contributed by atoms with E-state index in [1.54, 1.807) is 0 Å². The number of halogens is 1. The van der Waals surface area contributed by atoms with Gasteiger partial charge in [0.25, 0.3) is 0 Å². The van der Waals surface area contributed by atoms with Crippen molar-refractivity contribution in [3.05, 3.63) is 40.0 Å². The molecular weight excluding hydrogens is 312 g/mol. The van der Waals surface area contributed by atoms with Crippen molar-refractivity contribution in [3.63, 3.8) is 0 Å². The number of nitrogens with zero attached hydrogens (tertiary/aromatic N) is 3. The molecule has 0 aliphatic heterocycles. The Balaban J connectivity index is 2.01. The number of anilines is 1. The Hall–Kier alpha value is -0.980. The molecule has 18 heavy (non-hydrogen) atoms. The normalized spacial score (nSPS) is 10.9. The molecule has 0 radical (unpaired) electrons. The smallest absolute Gasteiger partial charge is 0.134 e. The molecule has 1 aromatic heterocycles. The minimum atomic E-state index is 0.786. The molecule has 0 aliphatic rings. The van der Waals surface area contributed by atoms with E-state index in [1.165, 1.54) is 17.1 Å². The van der Waals surface area contributed by atoms with Crippen LogP contribution >= 0.6 is 27.5 Å². The first-order valence-electron chi connectivity index (χ1n) is 5.61. The van der Waals surface area contributed by atoms with Gasteiger partial charge in [-0.2, -0.15) is 0 Å². The maximum absolute atomic E-state index is 4.14. The average molecular weight is 327 g/mol. The third-order valence-electron chi connectivity index (χ3n) is 2.60. The van der Waals surface area contributed by atoms with Crippen LogP contribution in [0.2, 0.25) is 0 Å². The molecule has 96 valence electrons. The van der Waals surface area contributed by atoms with Crippen molar-refractivity contribution < 1.29 is 0 Å². The van der Waals surface area contributed by atoms with Crippen molar-refractivity contribution in [1.29, 1.82) is 0 Å². The van der Waals surface area contributed by atoms with Crippen LogP contribution in [0.15, 0.2) is 28.7 Å². The molecule has 0 atom stereocenters. The van der Waals surface area contributed by atoms with Crippen molar-refractivity contribution in [2.45, 2.75) is 13.1 Å². The number of aromatic nitrogens is 2. The minimum absolute atomic E-state index is 0.786. The number of rotatable bonds is 5. The molecule has 4 nitrogen and oxygen atoms in total. The second-order valence-corrected chi connectivity index (χ2v) is 5.67. The van der Waals surface area contributed by atoms with E-state index < -0.39 is 0 Å². The third kappa shape index (κ3) is 3.28. The zero-order valence-electron chi connectivity index (χ0n) is 10.4. The molecule has 1 N–H and O–H groups in total. The Morgan fingerprint density at radius 3 is 2.83 bits per heavy atom. The van der Waals surface area contributed by atoms with Crippen molar-refractivity contribution in [2.75, 3.05) is 19.4 Å². The van der Waals surface area contributed by atoms with Crippen LogP contribution in [0.5, 0.6) is 0 Å². The molecule has 0 saturated carbocycles. The molecule has 0 aliphatic carbocycles. The van der Waals surface area contributed by atoms with E-state index in [-0.39, 0.29) is 0 Å². The van der Waals surface area contributed by atoms with Crippen LogP contribution in [-0.4, -0.2) is 28.6 Å². The fraction of sp³-hybridized carbons (Fsp3) is 0.333. The van der Waals surface area contributed by atoms with Gasteiger partial charge in [-0.3, -0.25) is 4.90 Å². The van der Waals surface area contributed by atoms with Gasteiger partial charge in [0.1, 0.15) is 10.7 Å². The largest absolute Gasteiger partial charge is 0.377 e. The molecule has 1 heterocycles. The highest BCUT2D eigenvalue weighted by Crippen LogP contribution is 2.21. The molecule has 1 aromatic carbocycles. The van der Waals surface area contributed by atoms with Crippen LogP contribution in [0.3, 0.4) is 0 Å². The summed E-state index contributed by atoms with van der Waals surface area (Å²) in [5, 5.41) is 8.29. The first-order chi connectivity index (χ1) is 8.70. The average Bonchev–Trinajstić information content (AvgIpc) is 2.79. The maximum Gasteiger partial charge on any atom is 0.134 e. The van der Waals surface area contributed by atoms with E-state index in [1.807, 2.05) is 13.1 Å². The predicted molar refractivity (Wildman–Crippen MR) is 78.8 cm³/mol. The zero-order chi connectivity index (χ0) is 13.0. The Morgan fingerprint density at radius 2 is 2.11 bits per heavy atom. The van der Waals surface area contributed by atoms with Crippen molar-refractivity contribution in [2.24, 2.45) is 0 Å². The van der Waals surface area contributed by atoms with Crippen molar-refractivity contribution >= 4 is 32.5 Å². The first kappa shape index (κ1) is 13.5.